The van der Waals surface area contributed by atoms with Gasteiger partial charge >= 0.3 is 0 Å². The van der Waals surface area contributed by atoms with Gasteiger partial charge in [-0.25, -0.2) is 0 Å². The van der Waals surface area contributed by atoms with Crippen LogP contribution in [-0.2, 0) is 12.0 Å². The highest BCUT2D eigenvalue weighted by atomic mass is 32.1. The SMILES string of the molecule is CCN1\C(=C/C=C/C=C/c2sc3ccccc3[n+]2CC)C(C)(C)c2c1ccc1ccccc21. The first-order valence-electron chi connectivity index (χ1n) is 11.8. The Bertz CT molecular complexity index is 1420. The van der Waals surface area contributed by atoms with E-state index in [-0.39, 0.29) is 5.41 Å². The van der Waals surface area contributed by atoms with Crippen molar-refractivity contribution in [1.29, 1.82) is 0 Å². The highest BCUT2D eigenvalue weighted by Gasteiger charge is 2.40. The van der Waals surface area contributed by atoms with Gasteiger partial charge < -0.3 is 4.90 Å². The average Bonchev–Trinajstić information content (AvgIpc) is 3.30. The fraction of sp³-hybridized carbons (Fsp3) is 0.233. The Kier molecular flexibility index (Phi) is 5.67. The quantitative estimate of drug-likeness (QED) is 0.223. The number of allylic oxidation sites excluding steroid dienone is 5. The van der Waals surface area contributed by atoms with Crippen LogP contribution in [0.2, 0.25) is 0 Å². The smallest absolute Gasteiger partial charge is 0.262 e. The van der Waals surface area contributed by atoms with Gasteiger partial charge in [-0.2, -0.15) is 4.57 Å². The number of nitrogens with zero attached hydrogens (tertiary/aromatic N) is 2. The zero-order valence-electron chi connectivity index (χ0n) is 19.9. The third-order valence-corrected chi connectivity index (χ3v) is 7.87. The van der Waals surface area contributed by atoms with Gasteiger partial charge in [-0.3, -0.25) is 0 Å². The Morgan fingerprint density at radius 3 is 2.52 bits per heavy atom. The number of anilines is 1. The molecule has 0 unspecified atom stereocenters. The van der Waals surface area contributed by atoms with Crippen molar-refractivity contribution >= 4 is 44.1 Å². The first kappa shape index (κ1) is 21.7. The topological polar surface area (TPSA) is 7.12 Å². The maximum absolute atomic E-state index is 2.47. The first-order valence-corrected chi connectivity index (χ1v) is 12.6. The Hall–Kier alpha value is -3.17. The number of hydrogen-bond donors (Lipinski definition) is 0. The molecule has 0 radical (unpaired) electrons. The van der Waals surface area contributed by atoms with E-state index in [4.69, 9.17) is 0 Å². The summed E-state index contributed by atoms with van der Waals surface area (Å²) in [4.78, 5) is 2.47. The van der Waals surface area contributed by atoms with E-state index in [9.17, 15) is 0 Å². The van der Waals surface area contributed by atoms with Crippen molar-refractivity contribution in [3.8, 4) is 0 Å². The number of thiazole rings is 1. The predicted octanol–water partition coefficient (Wildman–Crippen LogP) is 7.63. The first-order chi connectivity index (χ1) is 16.1. The Morgan fingerprint density at radius 1 is 0.909 bits per heavy atom. The zero-order valence-corrected chi connectivity index (χ0v) is 20.7. The van der Waals surface area contributed by atoms with Crippen LogP contribution in [-0.4, -0.2) is 6.54 Å². The molecule has 3 aromatic carbocycles. The third kappa shape index (κ3) is 3.61. The molecule has 3 heteroatoms. The van der Waals surface area contributed by atoms with E-state index in [2.05, 4.69) is 128 Å². The molecule has 1 aromatic heterocycles. The molecule has 0 bridgehead atoms. The number of aromatic nitrogens is 1. The van der Waals surface area contributed by atoms with Gasteiger partial charge in [0.25, 0.3) is 5.01 Å². The van der Waals surface area contributed by atoms with Crippen molar-refractivity contribution in [3.05, 3.63) is 101 Å². The summed E-state index contributed by atoms with van der Waals surface area (Å²) in [6.07, 6.45) is 11.0. The second-order valence-electron chi connectivity index (χ2n) is 9.00. The van der Waals surface area contributed by atoms with Crippen molar-refractivity contribution in [2.24, 2.45) is 0 Å². The van der Waals surface area contributed by atoms with Crippen molar-refractivity contribution in [3.63, 3.8) is 0 Å². The van der Waals surface area contributed by atoms with Crippen LogP contribution < -0.4 is 9.47 Å². The molecule has 0 atom stereocenters. The fourth-order valence-corrected chi connectivity index (χ4v) is 6.37. The van der Waals surface area contributed by atoms with E-state index in [0.717, 1.165) is 13.1 Å². The zero-order chi connectivity index (χ0) is 23.0. The lowest BCUT2D eigenvalue weighted by molar-refractivity contribution is -0.665. The van der Waals surface area contributed by atoms with Gasteiger partial charge in [0.2, 0.25) is 5.52 Å². The molecule has 4 aromatic rings. The van der Waals surface area contributed by atoms with Crippen LogP contribution in [0.1, 0.15) is 38.3 Å². The second-order valence-corrected chi connectivity index (χ2v) is 10.1. The normalized spacial score (nSPS) is 16.7. The lowest BCUT2D eigenvalue weighted by Crippen LogP contribution is -2.33. The number of rotatable bonds is 5. The molecule has 2 heterocycles. The summed E-state index contributed by atoms with van der Waals surface area (Å²) in [6, 6.07) is 21.9. The molecule has 0 saturated carbocycles. The maximum atomic E-state index is 2.47. The number of likely N-dealkylation sites (N-methyl/N-ethyl adjacent to an activating group) is 1. The summed E-state index contributed by atoms with van der Waals surface area (Å²) in [5, 5.41) is 3.96. The highest BCUT2D eigenvalue weighted by molar-refractivity contribution is 7.18. The van der Waals surface area contributed by atoms with Crippen LogP contribution in [0, 0.1) is 0 Å². The largest absolute Gasteiger partial charge is 0.344 e. The van der Waals surface area contributed by atoms with Crippen LogP contribution in [0.4, 0.5) is 5.69 Å². The summed E-state index contributed by atoms with van der Waals surface area (Å²) >= 11 is 1.85. The van der Waals surface area contributed by atoms with Crippen molar-refractivity contribution in [2.75, 3.05) is 11.4 Å². The molecule has 1 aliphatic rings. The molecule has 166 valence electrons. The van der Waals surface area contributed by atoms with E-state index in [1.807, 2.05) is 11.3 Å². The summed E-state index contributed by atoms with van der Waals surface area (Å²) in [5.74, 6) is 0. The van der Waals surface area contributed by atoms with Crippen LogP contribution >= 0.6 is 11.3 Å². The van der Waals surface area contributed by atoms with Crippen molar-refractivity contribution in [2.45, 2.75) is 39.7 Å². The molecule has 0 aliphatic carbocycles. The summed E-state index contributed by atoms with van der Waals surface area (Å²) in [7, 11) is 0. The molecule has 0 saturated heterocycles. The van der Waals surface area contributed by atoms with Crippen molar-refractivity contribution in [1.82, 2.24) is 0 Å². The summed E-state index contributed by atoms with van der Waals surface area (Å²) in [5.41, 5.74) is 5.40. The molecule has 2 nitrogen and oxygen atoms in total. The minimum atomic E-state index is -0.0447. The highest BCUT2D eigenvalue weighted by Crippen LogP contribution is 2.50. The number of aryl methyl sites for hydroxylation is 1. The van der Waals surface area contributed by atoms with Gasteiger partial charge in [-0.1, -0.05) is 85.9 Å². The average molecular weight is 452 g/mol. The second kappa shape index (κ2) is 8.64. The van der Waals surface area contributed by atoms with Crippen LogP contribution in [0.5, 0.6) is 0 Å². The molecule has 0 fully saturated rings. The minimum Gasteiger partial charge on any atom is -0.344 e. The predicted molar refractivity (Wildman–Crippen MR) is 144 cm³/mol. The van der Waals surface area contributed by atoms with E-state index in [1.54, 1.807) is 0 Å². The Balaban J connectivity index is 1.46. The van der Waals surface area contributed by atoms with Gasteiger partial charge in [0.15, 0.2) is 0 Å². The third-order valence-electron chi connectivity index (χ3n) is 6.74. The fourth-order valence-electron chi connectivity index (χ4n) is 5.23. The molecular weight excluding hydrogens is 420 g/mol. The molecule has 0 spiro atoms. The number of benzene rings is 3. The summed E-state index contributed by atoms with van der Waals surface area (Å²) in [6.45, 7) is 11.1. The van der Waals surface area contributed by atoms with Gasteiger partial charge in [0, 0.05) is 35.5 Å². The lowest BCUT2D eigenvalue weighted by Gasteiger charge is -2.26. The standard InChI is InChI=1S/C30H31N2S/c1-5-31-25-21-20-22-14-10-11-15-23(22)29(25)30(3,4)27(31)18-8-7-9-19-28-32(6-2)24-16-12-13-17-26(24)33-28/h7-21H,5-6H2,1-4H3/q+1. The molecule has 1 aliphatic heterocycles. The Labute approximate surface area is 200 Å². The lowest BCUT2D eigenvalue weighted by atomic mass is 9.81. The van der Waals surface area contributed by atoms with Gasteiger partial charge in [0.05, 0.1) is 0 Å². The minimum absolute atomic E-state index is 0.0447. The van der Waals surface area contributed by atoms with Gasteiger partial charge in [-0.05, 0) is 48.4 Å². The van der Waals surface area contributed by atoms with Crippen LogP contribution in [0.25, 0.3) is 27.1 Å². The van der Waals surface area contributed by atoms with Crippen LogP contribution in [0.15, 0.2) is 90.7 Å². The van der Waals surface area contributed by atoms with E-state index in [0.29, 0.717) is 0 Å². The monoisotopic (exact) mass is 451 g/mol. The molecule has 0 amide bonds. The van der Waals surface area contributed by atoms with Gasteiger partial charge in [0.1, 0.15) is 11.2 Å². The summed E-state index contributed by atoms with van der Waals surface area (Å²) < 4.78 is 3.71. The number of hydrogen-bond acceptors (Lipinski definition) is 2. The number of fused-ring (bicyclic) bond motifs is 4. The molecule has 0 N–H and O–H groups in total. The van der Waals surface area contributed by atoms with E-state index < -0.39 is 0 Å². The molecule has 33 heavy (non-hydrogen) atoms. The molecule has 5 rings (SSSR count). The number of para-hydroxylation sites is 1. The molecular formula is C30H31N2S+. The Morgan fingerprint density at radius 2 is 1.70 bits per heavy atom. The van der Waals surface area contributed by atoms with Crippen LogP contribution in [0.3, 0.4) is 0 Å². The van der Waals surface area contributed by atoms with E-state index >= 15 is 0 Å². The van der Waals surface area contributed by atoms with E-state index in [1.165, 1.54) is 42.9 Å². The van der Waals surface area contributed by atoms with Gasteiger partial charge in [-0.15, -0.1) is 0 Å². The van der Waals surface area contributed by atoms with Crippen molar-refractivity contribution < 1.29 is 4.57 Å². The maximum Gasteiger partial charge on any atom is 0.262 e.